The van der Waals surface area contributed by atoms with E-state index < -0.39 is 94.0 Å². The highest BCUT2D eigenvalue weighted by atomic mass is 16.6. The van der Waals surface area contributed by atoms with E-state index in [2.05, 4.69) is 0 Å². The number of anilines is 2. The van der Waals surface area contributed by atoms with Crippen molar-refractivity contribution in [3.63, 3.8) is 0 Å². The van der Waals surface area contributed by atoms with Gasteiger partial charge in [-0.2, -0.15) is 0 Å². The van der Waals surface area contributed by atoms with E-state index in [1.54, 1.807) is 132 Å². The van der Waals surface area contributed by atoms with E-state index in [0.717, 1.165) is 0 Å². The third kappa shape index (κ3) is 7.14. The fraction of sp³-hybridized carbons (Fsp3) is 0.591. The minimum absolute atomic E-state index is 0.233. The van der Waals surface area contributed by atoms with Crippen LogP contribution in [0.25, 0.3) is 0 Å². The van der Waals surface area contributed by atoms with Crippen molar-refractivity contribution in [3.8, 4) is 0 Å². The zero-order valence-corrected chi connectivity index (χ0v) is 37.0. The summed E-state index contributed by atoms with van der Waals surface area (Å²) in [6, 6.07) is 11.1. The highest BCUT2D eigenvalue weighted by molar-refractivity contribution is 6.00. The molecule has 0 N–H and O–H groups in total. The van der Waals surface area contributed by atoms with Crippen molar-refractivity contribution in [1.82, 2.24) is 9.80 Å². The molecule has 0 spiro atoms. The largest absolute Gasteiger partial charge is 0.467 e. The first-order valence-corrected chi connectivity index (χ1v) is 20.1. The molecule has 0 bridgehead atoms. The lowest BCUT2D eigenvalue weighted by atomic mass is 9.54. The van der Waals surface area contributed by atoms with Crippen molar-refractivity contribution in [3.05, 3.63) is 59.7 Å². The van der Waals surface area contributed by atoms with Crippen molar-refractivity contribution < 1.29 is 57.2 Å². The third-order valence-corrected chi connectivity index (χ3v) is 11.0. The van der Waals surface area contributed by atoms with Crippen LogP contribution in [0, 0.1) is 0 Å². The first kappa shape index (κ1) is 44.0. The molecular formula is C44H58N4O12. The molecule has 0 aromatic heterocycles. The van der Waals surface area contributed by atoms with Crippen LogP contribution in [0.1, 0.15) is 107 Å². The number of para-hydroxylation sites is 2. The molecule has 16 nitrogen and oxygen atoms in total. The molecule has 2 aromatic carbocycles. The van der Waals surface area contributed by atoms with Crippen molar-refractivity contribution in [2.24, 2.45) is 0 Å². The first-order valence-electron chi connectivity index (χ1n) is 20.1. The number of carbonyl (C=O) groups excluding carboxylic acids is 6. The summed E-state index contributed by atoms with van der Waals surface area (Å²) in [5, 5.41) is 0. The highest BCUT2D eigenvalue weighted by Crippen LogP contribution is 2.71. The summed E-state index contributed by atoms with van der Waals surface area (Å²) >= 11 is 0. The van der Waals surface area contributed by atoms with Crippen LogP contribution in [0.5, 0.6) is 0 Å². The zero-order chi connectivity index (χ0) is 44.7. The van der Waals surface area contributed by atoms with E-state index in [0.29, 0.717) is 22.5 Å². The fourth-order valence-electron chi connectivity index (χ4n) is 9.48. The summed E-state index contributed by atoms with van der Waals surface area (Å²) in [5.74, 6) is -1.63. The average Bonchev–Trinajstić information content (AvgIpc) is 3.80. The number of amides is 4. The number of likely N-dealkylation sites (tertiary alicyclic amines) is 2. The maximum absolute atomic E-state index is 14.9. The molecule has 6 rings (SSSR count). The van der Waals surface area contributed by atoms with Crippen LogP contribution < -0.4 is 9.80 Å². The summed E-state index contributed by atoms with van der Waals surface area (Å²) in [6.45, 7) is 20.3. The predicted octanol–water partition coefficient (Wildman–Crippen LogP) is 7.39. The Bertz CT molecular complexity index is 1950. The van der Waals surface area contributed by atoms with Gasteiger partial charge in [-0.3, -0.25) is 19.6 Å². The SMILES string of the molecule is COC(=O)[C@@H]1C[C@@]2([C@@]34C[C@@H](C(=O)OC)N(C(=O)OC(C)(C)C)[C@@H]3N(C(=O)OC(C)(C)C)c3ccccc34)c3ccccc3N(C(=O)OC(C)(C)C)[C@H]2N1C(=O)OC(C)(C)C. The zero-order valence-electron chi connectivity index (χ0n) is 37.0. The van der Waals surface area contributed by atoms with E-state index in [4.69, 9.17) is 28.4 Å². The van der Waals surface area contributed by atoms with Gasteiger partial charge in [0.2, 0.25) is 0 Å². The second-order valence-electron chi connectivity index (χ2n) is 19.7. The summed E-state index contributed by atoms with van der Waals surface area (Å²) < 4.78 is 35.0. The Morgan fingerprint density at radius 3 is 1.05 bits per heavy atom. The number of carbonyl (C=O) groups is 6. The monoisotopic (exact) mass is 834 g/mol. The van der Waals surface area contributed by atoms with Crippen molar-refractivity contribution in [2.75, 3.05) is 24.0 Å². The molecule has 4 aliphatic heterocycles. The van der Waals surface area contributed by atoms with Gasteiger partial charge in [-0.15, -0.1) is 0 Å². The maximum atomic E-state index is 14.9. The number of methoxy groups -OCH3 is 2. The van der Waals surface area contributed by atoms with E-state index in [1.807, 2.05) is 0 Å². The Morgan fingerprint density at radius 2 is 0.767 bits per heavy atom. The van der Waals surface area contributed by atoms with Crippen molar-refractivity contribution in [1.29, 1.82) is 0 Å². The Morgan fingerprint density at radius 1 is 0.483 bits per heavy atom. The van der Waals surface area contributed by atoms with Crippen LogP contribution in [0.15, 0.2) is 48.5 Å². The average molecular weight is 835 g/mol. The lowest BCUT2D eigenvalue weighted by Crippen LogP contribution is -2.66. The van der Waals surface area contributed by atoms with Crippen LogP contribution in [-0.2, 0) is 48.8 Å². The Hall–Kier alpha value is -5.54. The predicted molar refractivity (Wildman–Crippen MR) is 218 cm³/mol. The van der Waals surface area contributed by atoms with Crippen molar-refractivity contribution in [2.45, 2.75) is 154 Å². The number of rotatable bonds is 3. The number of nitrogens with zero attached hydrogens (tertiary/aromatic N) is 4. The molecule has 0 aliphatic carbocycles. The smallest absolute Gasteiger partial charge is 0.416 e. The van der Waals surface area contributed by atoms with Crippen LogP contribution in [0.3, 0.4) is 0 Å². The first-order chi connectivity index (χ1) is 27.6. The molecule has 0 unspecified atom stereocenters. The van der Waals surface area contributed by atoms with Crippen LogP contribution in [0.4, 0.5) is 30.6 Å². The van der Waals surface area contributed by atoms with Gasteiger partial charge in [0.05, 0.1) is 36.4 Å². The van der Waals surface area contributed by atoms with Gasteiger partial charge in [-0.25, -0.2) is 28.8 Å². The van der Waals surface area contributed by atoms with Gasteiger partial charge < -0.3 is 28.4 Å². The van der Waals surface area contributed by atoms with Gasteiger partial charge in [0, 0.05) is 0 Å². The number of fused-ring (bicyclic) bond motifs is 7. The summed E-state index contributed by atoms with van der Waals surface area (Å²) in [5.41, 5.74) is -5.90. The second kappa shape index (κ2) is 14.6. The quantitative estimate of drug-likeness (QED) is 0.222. The molecule has 326 valence electrons. The van der Waals surface area contributed by atoms with E-state index in [1.165, 1.54) is 33.8 Å². The van der Waals surface area contributed by atoms with Crippen LogP contribution in [-0.4, -0.2) is 107 Å². The van der Waals surface area contributed by atoms with Crippen LogP contribution in [0.2, 0.25) is 0 Å². The number of hydrogen-bond acceptors (Lipinski definition) is 12. The Balaban J connectivity index is 1.81. The lowest BCUT2D eigenvalue weighted by Gasteiger charge is -2.49. The van der Waals surface area contributed by atoms with Gasteiger partial charge in [0.25, 0.3) is 0 Å². The topological polar surface area (TPSA) is 171 Å². The van der Waals surface area contributed by atoms with Gasteiger partial charge >= 0.3 is 36.3 Å². The molecule has 2 aromatic rings. The van der Waals surface area contributed by atoms with E-state index in [-0.39, 0.29) is 12.8 Å². The number of esters is 2. The van der Waals surface area contributed by atoms with Gasteiger partial charge in [-0.1, -0.05) is 36.4 Å². The number of benzene rings is 2. The van der Waals surface area contributed by atoms with Gasteiger partial charge in [0.1, 0.15) is 46.8 Å². The molecule has 0 saturated carbocycles. The summed E-state index contributed by atoms with van der Waals surface area (Å²) in [6.07, 6.45) is -6.95. The van der Waals surface area contributed by atoms with Crippen LogP contribution >= 0.6 is 0 Å². The van der Waals surface area contributed by atoms with E-state index in [9.17, 15) is 28.8 Å². The fourth-order valence-corrected chi connectivity index (χ4v) is 9.48. The maximum Gasteiger partial charge on any atom is 0.416 e. The van der Waals surface area contributed by atoms with E-state index >= 15 is 0 Å². The molecule has 4 aliphatic rings. The highest BCUT2D eigenvalue weighted by Gasteiger charge is 2.81. The minimum atomic E-state index is -1.66. The molecule has 2 saturated heterocycles. The molecular weight excluding hydrogens is 776 g/mol. The number of hydrogen-bond donors (Lipinski definition) is 0. The Labute approximate surface area is 351 Å². The molecule has 16 heteroatoms. The Kier molecular flexibility index (Phi) is 10.7. The number of ether oxygens (including phenoxy) is 6. The second-order valence-corrected chi connectivity index (χ2v) is 19.7. The molecule has 2 fully saturated rings. The standard InChI is InChI=1S/C44H58N4O12/c1-39(2,3)57-35(51)45-27-21-17-15-19-25(27)43(23-29(31(49)55-13)47(33(43)45)37(53)59-41(7,8)9)44-24-30(32(50)56-14)48(38(54)60-42(10,11)12)34(44)46(36(52)58-40(4,5)6)28-22-18-16-20-26(28)44/h15-22,29-30,33-34H,23-24H2,1-14H3/t29-,30-,33-,34-,43+,44+/m0/s1. The molecule has 4 amide bonds. The normalized spacial score (nSPS) is 25.8. The van der Waals surface area contributed by atoms with Crippen molar-refractivity contribution >= 4 is 47.7 Å². The minimum Gasteiger partial charge on any atom is -0.467 e. The molecule has 0 radical (unpaired) electrons. The molecule has 60 heavy (non-hydrogen) atoms. The summed E-state index contributed by atoms with van der Waals surface area (Å²) in [7, 11) is 2.39. The molecule has 6 atom stereocenters. The van der Waals surface area contributed by atoms with Gasteiger partial charge in [-0.05, 0) is 119 Å². The lowest BCUT2D eigenvalue weighted by molar-refractivity contribution is -0.146. The van der Waals surface area contributed by atoms with Gasteiger partial charge in [0.15, 0.2) is 0 Å². The summed E-state index contributed by atoms with van der Waals surface area (Å²) in [4.78, 5) is 93.2. The molecule has 4 heterocycles. The third-order valence-electron chi connectivity index (χ3n) is 11.0.